The van der Waals surface area contributed by atoms with E-state index in [1.165, 1.54) is 11.3 Å². The first-order chi connectivity index (χ1) is 17.6. The maximum absolute atomic E-state index is 14.0. The van der Waals surface area contributed by atoms with Gasteiger partial charge in [0.2, 0.25) is 0 Å². The standard InChI is InChI=1S/C27H31N5O3S.ClH/c1-19-10-11-23(34-3)24-25(19)36-27(29-24)31(13-7-12-30-14-16-35-17-15-30)26(33)22-18-28-32(20(22)2)21-8-5-4-6-9-21;/h4-6,8-11,18H,7,12-17H2,1-3H3;1H. The lowest BCUT2D eigenvalue weighted by Crippen LogP contribution is -2.39. The number of hydrogen-bond donors (Lipinski definition) is 0. The van der Waals surface area contributed by atoms with Gasteiger partial charge in [0.25, 0.3) is 5.91 Å². The molecule has 1 aliphatic heterocycles. The lowest BCUT2D eigenvalue weighted by molar-refractivity contribution is 0.0376. The van der Waals surface area contributed by atoms with E-state index < -0.39 is 0 Å². The van der Waals surface area contributed by atoms with Crippen LogP contribution in [0, 0.1) is 13.8 Å². The zero-order valence-corrected chi connectivity index (χ0v) is 23.0. The van der Waals surface area contributed by atoms with Gasteiger partial charge in [-0.3, -0.25) is 14.6 Å². The fraction of sp³-hybridized carbons (Fsp3) is 0.370. The molecule has 0 spiro atoms. The van der Waals surface area contributed by atoms with Gasteiger partial charge in [0, 0.05) is 26.2 Å². The van der Waals surface area contributed by atoms with Crippen LogP contribution in [0.15, 0.2) is 48.7 Å². The Kier molecular flexibility index (Phi) is 8.81. The van der Waals surface area contributed by atoms with Crippen molar-refractivity contribution < 1.29 is 14.3 Å². The van der Waals surface area contributed by atoms with Gasteiger partial charge in [0.1, 0.15) is 11.3 Å². The molecule has 1 fully saturated rings. The number of thiazole rings is 1. The molecule has 0 radical (unpaired) electrons. The second kappa shape index (κ2) is 12.0. The Morgan fingerprint density at radius 1 is 1.14 bits per heavy atom. The summed E-state index contributed by atoms with van der Waals surface area (Å²) in [5.74, 6) is 0.624. The average molecular weight is 542 g/mol. The number of anilines is 1. The highest BCUT2D eigenvalue weighted by Gasteiger charge is 2.26. The predicted octanol–water partition coefficient (Wildman–Crippen LogP) is 4.90. The van der Waals surface area contributed by atoms with Crippen molar-refractivity contribution in [1.82, 2.24) is 19.7 Å². The third-order valence-electron chi connectivity index (χ3n) is 6.59. The molecular formula is C27H32ClN5O3S. The van der Waals surface area contributed by atoms with Gasteiger partial charge in [-0.1, -0.05) is 35.6 Å². The summed E-state index contributed by atoms with van der Waals surface area (Å²) in [6.45, 7) is 8.83. The van der Waals surface area contributed by atoms with E-state index in [-0.39, 0.29) is 18.3 Å². The number of carbonyl (C=O) groups excluding carboxylic acids is 1. The summed E-state index contributed by atoms with van der Waals surface area (Å²) in [6, 6.07) is 13.8. The van der Waals surface area contributed by atoms with Crippen LogP contribution in [0.2, 0.25) is 0 Å². The molecule has 4 aromatic rings. The quantitative estimate of drug-likeness (QED) is 0.316. The first-order valence-corrected chi connectivity index (χ1v) is 13.0. The maximum Gasteiger partial charge on any atom is 0.263 e. The lowest BCUT2D eigenvalue weighted by Gasteiger charge is -2.27. The molecule has 2 aromatic heterocycles. The number of aromatic nitrogens is 3. The highest BCUT2D eigenvalue weighted by atomic mass is 35.5. The Bertz CT molecular complexity index is 1350. The Balaban J connectivity index is 0.00000320. The number of ether oxygens (including phenoxy) is 2. The van der Waals surface area contributed by atoms with E-state index in [0.29, 0.717) is 23.0 Å². The number of halogens is 1. The molecule has 0 aliphatic carbocycles. The van der Waals surface area contributed by atoms with E-state index in [4.69, 9.17) is 14.5 Å². The molecule has 8 nitrogen and oxygen atoms in total. The molecule has 37 heavy (non-hydrogen) atoms. The molecule has 0 N–H and O–H groups in total. The molecular weight excluding hydrogens is 510 g/mol. The summed E-state index contributed by atoms with van der Waals surface area (Å²) in [6.07, 6.45) is 2.50. The number of aryl methyl sites for hydroxylation is 1. The Labute approximate surface area is 227 Å². The molecule has 1 aliphatic rings. The van der Waals surface area contributed by atoms with E-state index in [2.05, 4.69) is 16.9 Å². The Morgan fingerprint density at radius 2 is 1.89 bits per heavy atom. The topological polar surface area (TPSA) is 72.7 Å². The van der Waals surface area contributed by atoms with E-state index in [1.807, 2.05) is 59.0 Å². The molecule has 0 unspecified atom stereocenters. The van der Waals surface area contributed by atoms with Gasteiger partial charge in [-0.15, -0.1) is 12.4 Å². The van der Waals surface area contributed by atoms with Crippen molar-refractivity contribution in [2.45, 2.75) is 20.3 Å². The van der Waals surface area contributed by atoms with Crippen molar-refractivity contribution >= 4 is 45.0 Å². The van der Waals surface area contributed by atoms with Gasteiger partial charge < -0.3 is 9.47 Å². The van der Waals surface area contributed by atoms with Crippen molar-refractivity contribution in [3.8, 4) is 11.4 Å². The van der Waals surface area contributed by atoms with Crippen LogP contribution < -0.4 is 9.64 Å². The number of morpholine rings is 1. The van der Waals surface area contributed by atoms with Crippen molar-refractivity contribution in [3.63, 3.8) is 0 Å². The minimum Gasteiger partial charge on any atom is -0.494 e. The lowest BCUT2D eigenvalue weighted by atomic mass is 10.2. The Hall–Kier alpha value is -2.98. The normalized spacial score (nSPS) is 13.9. The number of methoxy groups -OCH3 is 1. The van der Waals surface area contributed by atoms with Crippen molar-refractivity contribution in [2.75, 3.05) is 51.4 Å². The zero-order valence-electron chi connectivity index (χ0n) is 21.3. The van der Waals surface area contributed by atoms with E-state index in [1.54, 1.807) is 13.3 Å². The van der Waals surface area contributed by atoms with Crippen LogP contribution in [0.3, 0.4) is 0 Å². The van der Waals surface area contributed by atoms with E-state index >= 15 is 0 Å². The molecule has 10 heteroatoms. The fourth-order valence-electron chi connectivity index (χ4n) is 4.53. The molecule has 2 aromatic carbocycles. The molecule has 0 atom stereocenters. The molecule has 0 bridgehead atoms. The average Bonchev–Trinajstić information content (AvgIpc) is 3.52. The highest BCUT2D eigenvalue weighted by molar-refractivity contribution is 7.22. The van der Waals surface area contributed by atoms with Crippen molar-refractivity contribution in [3.05, 3.63) is 65.5 Å². The molecule has 1 amide bonds. The first kappa shape index (κ1) is 27.1. The summed E-state index contributed by atoms with van der Waals surface area (Å²) in [5, 5.41) is 5.21. The minimum atomic E-state index is -0.0904. The van der Waals surface area contributed by atoms with Crippen LogP contribution >= 0.6 is 23.7 Å². The SMILES string of the molecule is COc1ccc(C)c2sc(N(CCCN3CCOCC3)C(=O)c3cnn(-c4ccccc4)c3C)nc12.Cl. The summed E-state index contributed by atoms with van der Waals surface area (Å²) in [4.78, 5) is 23.1. The number of rotatable bonds is 8. The molecule has 1 saturated heterocycles. The second-order valence-electron chi connectivity index (χ2n) is 8.91. The van der Waals surface area contributed by atoms with Gasteiger partial charge in [0.05, 0.1) is 48.2 Å². The molecule has 5 rings (SSSR count). The maximum atomic E-state index is 14.0. The summed E-state index contributed by atoms with van der Waals surface area (Å²) >= 11 is 1.53. The third kappa shape index (κ3) is 5.65. The number of amides is 1. The fourth-order valence-corrected chi connectivity index (χ4v) is 5.61. The second-order valence-corrected chi connectivity index (χ2v) is 9.89. The largest absolute Gasteiger partial charge is 0.494 e. The predicted molar refractivity (Wildman–Crippen MR) is 150 cm³/mol. The minimum absolute atomic E-state index is 0. The summed E-state index contributed by atoms with van der Waals surface area (Å²) < 4.78 is 13.9. The zero-order chi connectivity index (χ0) is 25.1. The number of carbonyl (C=O) groups is 1. The number of benzene rings is 2. The molecule has 0 saturated carbocycles. The van der Waals surface area contributed by atoms with Crippen LogP contribution in [0.25, 0.3) is 15.9 Å². The van der Waals surface area contributed by atoms with Crippen LogP contribution in [0.1, 0.15) is 28.0 Å². The van der Waals surface area contributed by atoms with Crippen LogP contribution in [-0.4, -0.2) is 72.1 Å². The van der Waals surface area contributed by atoms with Gasteiger partial charge in [-0.05, 0) is 44.0 Å². The molecule has 196 valence electrons. The van der Waals surface area contributed by atoms with Crippen LogP contribution in [0.4, 0.5) is 5.13 Å². The van der Waals surface area contributed by atoms with Crippen molar-refractivity contribution in [1.29, 1.82) is 0 Å². The number of nitrogens with zero attached hydrogens (tertiary/aromatic N) is 5. The van der Waals surface area contributed by atoms with Gasteiger partial charge in [-0.25, -0.2) is 9.67 Å². The third-order valence-corrected chi connectivity index (χ3v) is 7.80. The van der Waals surface area contributed by atoms with E-state index in [9.17, 15) is 4.79 Å². The smallest absolute Gasteiger partial charge is 0.263 e. The van der Waals surface area contributed by atoms with E-state index in [0.717, 1.165) is 66.4 Å². The van der Waals surface area contributed by atoms with Gasteiger partial charge in [-0.2, -0.15) is 5.10 Å². The summed E-state index contributed by atoms with van der Waals surface area (Å²) in [5.41, 5.74) is 4.21. The van der Waals surface area contributed by atoms with Gasteiger partial charge >= 0.3 is 0 Å². The monoisotopic (exact) mass is 541 g/mol. The number of para-hydroxylation sites is 1. The van der Waals surface area contributed by atoms with Crippen molar-refractivity contribution in [2.24, 2.45) is 0 Å². The van der Waals surface area contributed by atoms with Crippen LogP contribution in [-0.2, 0) is 4.74 Å². The Morgan fingerprint density at radius 3 is 2.62 bits per heavy atom. The molecule has 3 heterocycles. The first-order valence-electron chi connectivity index (χ1n) is 12.2. The van der Waals surface area contributed by atoms with Gasteiger partial charge in [0.15, 0.2) is 5.13 Å². The summed E-state index contributed by atoms with van der Waals surface area (Å²) in [7, 11) is 1.65. The van der Waals surface area contributed by atoms with Crippen LogP contribution in [0.5, 0.6) is 5.75 Å². The highest BCUT2D eigenvalue weighted by Crippen LogP contribution is 2.37. The number of hydrogen-bond acceptors (Lipinski definition) is 7. The number of fused-ring (bicyclic) bond motifs is 1.